The molecule has 0 amide bonds. The number of hydrogen-bond donors (Lipinski definition) is 0. The number of piperidine rings is 1. The van der Waals surface area contributed by atoms with Crippen molar-refractivity contribution in [1.29, 1.82) is 0 Å². The number of fused-ring (bicyclic) bond motifs is 1. The largest absolute Gasteiger partial charge is 0.365 e. The first-order valence-electron chi connectivity index (χ1n) is 11.8. The maximum Gasteiger partial charge on any atom is 0.293 e. The van der Waals surface area contributed by atoms with Gasteiger partial charge in [-0.2, -0.15) is 4.31 Å². The maximum absolute atomic E-state index is 12.9. The fourth-order valence-electron chi connectivity index (χ4n) is 5.01. The Bertz CT molecular complexity index is 1110. The lowest BCUT2D eigenvalue weighted by atomic mass is 9.96. The second-order valence-electron chi connectivity index (χ2n) is 8.72. The van der Waals surface area contributed by atoms with Gasteiger partial charge in [-0.05, 0) is 37.8 Å². The van der Waals surface area contributed by atoms with Crippen molar-refractivity contribution in [2.45, 2.75) is 69.7 Å². The fourth-order valence-corrected chi connectivity index (χ4v) is 6.48. The highest BCUT2D eigenvalue weighted by Crippen LogP contribution is 2.36. The number of hydrogen-bond acceptors (Lipinski definition) is 7. The van der Waals surface area contributed by atoms with E-state index in [1.165, 1.54) is 22.9 Å². The molecule has 1 fully saturated rings. The molecule has 2 aromatic rings. The second kappa shape index (κ2) is 9.76. The van der Waals surface area contributed by atoms with Gasteiger partial charge < -0.3 is 9.47 Å². The van der Waals surface area contributed by atoms with Crippen molar-refractivity contribution in [1.82, 2.24) is 19.1 Å². The van der Waals surface area contributed by atoms with Crippen LogP contribution in [0.4, 0.5) is 11.4 Å². The van der Waals surface area contributed by atoms with E-state index in [1.807, 2.05) is 4.90 Å². The van der Waals surface area contributed by atoms with E-state index in [4.69, 9.17) is 0 Å². The van der Waals surface area contributed by atoms with Crippen LogP contribution in [0.2, 0.25) is 0 Å². The van der Waals surface area contributed by atoms with Crippen LogP contribution in [0, 0.1) is 10.1 Å². The molecule has 2 aliphatic rings. The molecule has 33 heavy (non-hydrogen) atoms. The summed E-state index contributed by atoms with van der Waals surface area (Å²) in [6.07, 6.45) is 6.21. The normalized spacial score (nSPS) is 19.4. The van der Waals surface area contributed by atoms with Crippen LogP contribution in [0.3, 0.4) is 0 Å². The van der Waals surface area contributed by atoms with Crippen molar-refractivity contribution < 1.29 is 13.3 Å². The lowest BCUT2D eigenvalue weighted by Gasteiger charge is -2.34. The molecule has 0 N–H and O–H groups in total. The predicted octanol–water partition coefficient (Wildman–Crippen LogP) is 3.33. The van der Waals surface area contributed by atoms with Crippen molar-refractivity contribution in [3.05, 3.63) is 40.0 Å². The summed E-state index contributed by atoms with van der Waals surface area (Å²) in [5, 5.41) is 20.9. The van der Waals surface area contributed by atoms with Gasteiger partial charge in [0.15, 0.2) is 0 Å². The molecule has 0 spiro atoms. The SMILES string of the molecule is CCN(CC)S(=O)(=O)c1ccc(N2CCCC(c3nnc4n3CCCCC4)C2)c([N+](=O)[O-])c1. The third-order valence-electron chi connectivity index (χ3n) is 6.75. The van der Waals surface area contributed by atoms with Crippen LogP contribution in [0.5, 0.6) is 0 Å². The number of nitrogens with zero attached hydrogens (tertiary/aromatic N) is 6. The summed E-state index contributed by atoms with van der Waals surface area (Å²) in [6, 6.07) is 4.28. The van der Waals surface area contributed by atoms with E-state index < -0.39 is 14.9 Å². The van der Waals surface area contributed by atoms with Gasteiger partial charge in [-0.25, -0.2) is 8.42 Å². The summed E-state index contributed by atoms with van der Waals surface area (Å²) in [5.74, 6) is 2.15. The van der Waals surface area contributed by atoms with Gasteiger partial charge >= 0.3 is 0 Å². The van der Waals surface area contributed by atoms with E-state index in [2.05, 4.69) is 14.8 Å². The van der Waals surface area contributed by atoms with Crippen molar-refractivity contribution in [3.8, 4) is 0 Å². The molecule has 3 heterocycles. The maximum atomic E-state index is 12.9. The Morgan fingerprint density at radius 2 is 1.91 bits per heavy atom. The summed E-state index contributed by atoms with van der Waals surface area (Å²) >= 11 is 0. The molecule has 0 bridgehead atoms. The van der Waals surface area contributed by atoms with Crippen molar-refractivity contribution in [2.24, 2.45) is 0 Å². The first-order valence-corrected chi connectivity index (χ1v) is 13.3. The minimum Gasteiger partial charge on any atom is -0.365 e. The predicted molar refractivity (Wildman–Crippen MR) is 125 cm³/mol. The first kappa shape index (κ1) is 23.6. The molecule has 0 aliphatic carbocycles. The highest BCUT2D eigenvalue weighted by Gasteiger charge is 2.32. The molecule has 1 saturated heterocycles. The van der Waals surface area contributed by atoms with Crippen molar-refractivity contribution >= 4 is 21.4 Å². The van der Waals surface area contributed by atoms with Crippen LogP contribution in [-0.4, -0.2) is 58.6 Å². The van der Waals surface area contributed by atoms with Gasteiger partial charge in [0.05, 0.1) is 9.82 Å². The summed E-state index contributed by atoms with van der Waals surface area (Å²) in [6.45, 7) is 6.33. The van der Waals surface area contributed by atoms with Gasteiger partial charge in [0.2, 0.25) is 10.0 Å². The molecule has 180 valence electrons. The Morgan fingerprint density at radius 3 is 2.64 bits per heavy atom. The van der Waals surface area contributed by atoms with Crippen LogP contribution in [0.15, 0.2) is 23.1 Å². The van der Waals surface area contributed by atoms with Gasteiger partial charge in [-0.1, -0.05) is 20.3 Å². The third-order valence-corrected chi connectivity index (χ3v) is 8.80. The number of nitro groups is 1. The van der Waals surface area contributed by atoms with E-state index >= 15 is 0 Å². The lowest BCUT2D eigenvalue weighted by molar-refractivity contribution is -0.384. The number of rotatable bonds is 7. The number of anilines is 1. The van der Waals surface area contributed by atoms with E-state index in [0.29, 0.717) is 31.9 Å². The summed E-state index contributed by atoms with van der Waals surface area (Å²) < 4.78 is 29.4. The minimum absolute atomic E-state index is 0.0435. The topological polar surface area (TPSA) is 114 Å². The number of benzene rings is 1. The molecule has 11 heteroatoms. The Balaban J connectivity index is 1.64. The van der Waals surface area contributed by atoms with Gasteiger partial charge in [-0.15, -0.1) is 10.2 Å². The first-order chi connectivity index (χ1) is 15.9. The Hall–Kier alpha value is -2.53. The van der Waals surface area contributed by atoms with E-state index in [0.717, 1.165) is 50.3 Å². The standard InChI is InChI=1S/C22H32N6O4S/c1-3-26(4-2)33(31,32)18-11-12-19(20(15-18)28(29)30)25-13-8-9-17(16-25)22-24-23-21-10-6-5-7-14-27(21)22/h11-12,15,17H,3-10,13-14,16H2,1-2H3. The zero-order chi connectivity index (χ0) is 23.6. The molecule has 2 aliphatic heterocycles. The molecule has 10 nitrogen and oxygen atoms in total. The zero-order valence-electron chi connectivity index (χ0n) is 19.3. The van der Waals surface area contributed by atoms with E-state index in [1.54, 1.807) is 19.9 Å². The number of nitro benzene ring substituents is 1. The summed E-state index contributed by atoms with van der Waals surface area (Å²) in [7, 11) is -3.78. The van der Waals surface area contributed by atoms with Crippen LogP contribution in [-0.2, 0) is 23.0 Å². The van der Waals surface area contributed by atoms with E-state index in [-0.39, 0.29) is 16.5 Å². The van der Waals surface area contributed by atoms with Gasteiger partial charge in [0.25, 0.3) is 5.69 Å². The lowest BCUT2D eigenvalue weighted by Crippen LogP contribution is -2.36. The van der Waals surface area contributed by atoms with Crippen molar-refractivity contribution in [3.63, 3.8) is 0 Å². The van der Waals surface area contributed by atoms with Crippen LogP contribution >= 0.6 is 0 Å². The fraction of sp³-hybridized carbons (Fsp3) is 0.636. The molecule has 4 rings (SSSR count). The minimum atomic E-state index is -3.78. The molecule has 0 radical (unpaired) electrons. The monoisotopic (exact) mass is 476 g/mol. The molecule has 1 aromatic carbocycles. The summed E-state index contributed by atoms with van der Waals surface area (Å²) in [5.41, 5.74) is 0.280. The van der Waals surface area contributed by atoms with Crippen LogP contribution in [0.1, 0.15) is 63.5 Å². The molecular formula is C22H32N6O4S. The van der Waals surface area contributed by atoms with Crippen LogP contribution in [0.25, 0.3) is 0 Å². The molecule has 1 aromatic heterocycles. The van der Waals surface area contributed by atoms with Crippen molar-refractivity contribution in [2.75, 3.05) is 31.1 Å². The second-order valence-corrected chi connectivity index (χ2v) is 10.7. The average Bonchev–Trinajstić information content (AvgIpc) is 3.07. The average molecular weight is 477 g/mol. The quantitative estimate of drug-likeness (QED) is 0.445. The Labute approximate surface area is 194 Å². The number of aromatic nitrogens is 3. The third kappa shape index (κ3) is 4.61. The molecule has 1 atom stereocenters. The number of aryl methyl sites for hydroxylation is 1. The zero-order valence-corrected chi connectivity index (χ0v) is 20.1. The van der Waals surface area contributed by atoms with Gasteiger partial charge in [0.1, 0.15) is 17.3 Å². The highest BCUT2D eigenvalue weighted by molar-refractivity contribution is 7.89. The smallest absolute Gasteiger partial charge is 0.293 e. The number of sulfonamides is 1. The molecule has 0 saturated carbocycles. The van der Waals surface area contributed by atoms with Gasteiger partial charge in [0, 0.05) is 51.1 Å². The van der Waals surface area contributed by atoms with Crippen LogP contribution < -0.4 is 4.90 Å². The van der Waals surface area contributed by atoms with Gasteiger partial charge in [-0.3, -0.25) is 10.1 Å². The Morgan fingerprint density at radius 1 is 1.12 bits per heavy atom. The molecular weight excluding hydrogens is 444 g/mol. The Kier molecular flexibility index (Phi) is 6.99. The summed E-state index contributed by atoms with van der Waals surface area (Å²) in [4.78, 5) is 13.4. The molecule has 1 unspecified atom stereocenters. The van der Waals surface area contributed by atoms with E-state index in [9.17, 15) is 18.5 Å². The highest BCUT2D eigenvalue weighted by atomic mass is 32.2.